The number of nitrogens with one attached hydrogen (secondary N) is 4. The fraction of sp³-hybridized carbons (Fsp3) is 0.439. The predicted octanol–water partition coefficient (Wildman–Crippen LogP) is 5.30. The van der Waals surface area contributed by atoms with Crippen molar-refractivity contribution in [2.24, 2.45) is 11.8 Å². The van der Waals surface area contributed by atoms with Crippen LogP contribution in [0, 0.1) is 11.8 Å². The van der Waals surface area contributed by atoms with Crippen molar-refractivity contribution in [1.82, 2.24) is 49.7 Å². The third kappa shape index (κ3) is 13.4. The topological polar surface area (TPSA) is 308 Å². The van der Waals surface area contributed by atoms with Gasteiger partial charge in [-0.2, -0.15) is 19.9 Å². The number of amides is 2. The minimum Gasteiger partial charge on any atom is -0.388 e. The lowest BCUT2D eigenvalue weighted by Crippen LogP contribution is -2.42. The van der Waals surface area contributed by atoms with Crippen molar-refractivity contribution in [1.29, 1.82) is 0 Å². The van der Waals surface area contributed by atoms with E-state index in [2.05, 4.69) is 69.8 Å². The number of aliphatic hydroxyl groups excluding tert-OH is 4. The van der Waals surface area contributed by atoms with Gasteiger partial charge >= 0.3 is 0 Å². The van der Waals surface area contributed by atoms with Gasteiger partial charge in [-0.3, -0.25) is 14.4 Å². The number of sulfone groups is 1. The Kier molecular flexibility index (Phi) is 18.5. The number of imidazole rings is 2. The molecule has 4 aliphatic rings. The average Bonchev–Trinajstić information content (AvgIpc) is 1.64. The lowest BCUT2D eigenvalue weighted by Gasteiger charge is -2.22. The van der Waals surface area contributed by atoms with Gasteiger partial charge in [-0.1, -0.05) is 135 Å². The molecule has 2 saturated heterocycles. The van der Waals surface area contributed by atoms with E-state index in [1.807, 2.05) is 82.6 Å². The van der Waals surface area contributed by atoms with Gasteiger partial charge in [0, 0.05) is 70.4 Å². The van der Waals surface area contributed by atoms with E-state index in [-0.39, 0.29) is 79.1 Å². The zero-order valence-corrected chi connectivity index (χ0v) is 51.3. The molecule has 24 heteroatoms. The lowest BCUT2D eigenvalue weighted by molar-refractivity contribution is -0.123. The summed E-state index contributed by atoms with van der Waals surface area (Å²) in [6, 6.07) is 37.8. The average molecular weight is 1240 g/mol. The van der Waals surface area contributed by atoms with Gasteiger partial charge in [-0.15, -0.1) is 0 Å². The van der Waals surface area contributed by atoms with Gasteiger partial charge < -0.3 is 60.6 Å². The fourth-order valence-electron chi connectivity index (χ4n) is 13.7. The molecule has 23 nitrogen and oxygen atoms in total. The van der Waals surface area contributed by atoms with Crippen molar-refractivity contribution in [3.8, 4) is 0 Å². The molecule has 90 heavy (non-hydrogen) atoms. The number of nitrogens with zero attached hydrogens (tertiary/aromatic N) is 10. The molecule has 0 spiro atoms. The maximum atomic E-state index is 14.1. The number of ketones is 1. The number of benzene rings is 4. The summed E-state index contributed by atoms with van der Waals surface area (Å²) in [5.41, 5.74) is 6.07. The molecule has 10 atom stereocenters. The molecule has 2 aliphatic carbocycles. The molecule has 8 N–H and O–H groups in total. The minimum absolute atomic E-state index is 0.0375. The molecular formula is C66H78N14O9S. The molecule has 472 valence electrons. The number of carbonyl (C=O) groups is 3. The number of hydrogen-bond acceptors (Lipinski definition) is 19. The Morgan fingerprint density at radius 3 is 1.33 bits per heavy atom. The van der Waals surface area contributed by atoms with E-state index in [4.69, 9.17) is 29.9 Å². The fourth-order valence-corrected chi connectivity index (χ4v) is 15.4. The van der Waals surface area contributed by atoms with Crippen molar-refractivity contribution in [2.75, 3.05) is 71.2 Å². The third-order valence-electron chi connectivity index (χ3n) is 18.5. The third-order valence-corrected chi connectivity index (χ3v) is 20.2. The highest BCUT2D eigenvalue weighted by molar-refractivity contribution is 7.92. The first-order valence-electron chi connectivity index (χ1n) is 31.3. The minimum atomic E-state index is -3.88. The number of anilines is 4. The quantitative estimate of drug-likeness (QED) is 0.0380. The van der Waals surface area contributed by atoms with E-state index in [0.29, 0.717) is 98.0 Å². The van der Waals surface area contributed by atoms with Gasteiger partial charge in [0.15, 0.2) is 43.8 Å². The van der Waals surface area contributed by atoms with Gasteiger partial charge in [0.25, 0.3) is 0 Å². The highest BCUT2D eigenvalue weighted by Gasteiger charge is 2.46. The second-order valence-electron chi connectivity index (χ2n) is 24.5. The molecule has 2 amide bonds. The summed E-state index contributed by atoms with van der Waals surface area (Å²) in [7, 11) is -3.88. The highest BCUT2D eigenvalue weighted by atomic mass is 32.2. The maximum Gasteiger partial charge on any atom is 0.229 e. The summed E-state index contributed by atoms with van der Waals surface area (Å²) in [4.78, 5) is 72.5. The molecule has 4 aromatic carbocycles. The van der Waals surface area contributed by atoms with E-state index < -0.39 is 64.2 Å². The van der Waals surface area contributed by atoms with Gasteiger partial charge in [0.05, 0.1) is 42.6 Å². The smallest absolute Gasteiger partial charge is 0.229 e. The molecule has 0 unspecified atom stereocenters. The maximum absolute atomic E-state index is 14.1. The SMILES string of the molecule is CCC(=O)N[C@H]1C[C@@H](n2cnc3c(NCC(c4ccccc4)c4ccccc4)nc(N4CC[C@@H](CS(=O)(=O)CC(=O)C[C@@H]5CCN(c6nc(NCC(c7ccccc7)c7ccccc7)c7ncn([C@@H]8C[C@H](NC(=O)CC)[C@@H](O)[C@H]8O)c7n6)C5)C4)nc32)[C@H](O)[C@@H]1O. The summed E-state index contributed by atoms with van der Waals surface area (Å²) in [6.07, 6.45) is 0.226. The first kappa shape index (κ1) is 61.8. The Morgan fingerprint density at radius 2 is 0.933 bits per heavy atom. The Labute approximate surface area is 522 Å². The number of fused-ring (bicyclic) bond motifs is 2. The Bertz CT molecular complexity index is 3840. The van der Waals surface area contributed by atoms with Crippen molar-refractivity contribution >= 4 is 73.3 Å². The summed E-state index contributed by atoms with van der Waals surface area (Å²) in [5, 5.41) is 58.0. The predicted molar refractivity (Wildman–Crippen MR) is 342 cm³/mol. The van der Waals surface area contributed by atoms with Crippen molar-refractivity contribution in [3.05, 3.63) is 156 Å². The molecule has 12 rings (SSSR count). The number of Topliss-reactive ketones (excluding diaryl/α,β-unsaturated/α-hetero) is 1. The van der Waals surface area contributed by atoms with E-state index in [9.17, 15) is 43.2 Å². The van der Waals surface area contributed by atoms with Crippen LogP contribution in [0.2, 0.25) is 0 Å². The second kappa shape index (κ2) is 27.0. The van der Waals surface area contributed by atoms with Crippen LogP contribution in [0.15, 0.2) is 134 Å². The molecule has 4 fully saturated rings. The Morgan fingerprint density at radius 1 is 0.544 bits per heavy atom. The molecule has 2 aliphatic heterocycles. The first-order chi connectivity index (χ1) is 43.6. The monoisotopic (exact) mass is 1240 g/mol. The van der Waals surface area contributed by atoms with Gasteiger partial charge in [-0.25, -0.2) is 18.4 Å². The van der Waals surface area contributed by atoms with Crippen LogP contribution in [0.4, 0.5) is 23.5 Å². The number of carbonyl (C=O) groups excluding carboxylic acids is 3. The molecular weight excluding hydrogens is 1160 g/mol. The summed E-state index contributed by atoms with van der Waals surface area (Å²) >= 11 is 0. The first-order valence-corrected chi connectivity index (χ1v) is 33.1. The van der Waals surface area contributed by atoms with Gasteiger partial charge in [-0.05, 0) is 59.8 Å². The highest BCUT2D eigenvalue weighted by Crippen LogP contribution is 2.39. The lowest BCUT2D eigenvalue weighted by atomic mass is 9.91. The zero-order valence-electron chi connectivity index (χ0n) is 50.4. The Hall–Kier alpha value is -8.42. The van der Waals surface area contributed by atoms with E-state index >= 15 is 0 Å². The van der Waals surface area contributed by atoms with Crippen LogP contribution in [0.25, 0.3) is 22.3 Å². The molecule has 0 radical (unpaired) electrons. The van der Waals surface area contributed by atoms with Gasteiger partial charge in [0.2, 0.25) is 23.7 Å². The zero-order chi connectivity index (χ0) is 62.6. The van der Waals surface area contributed by atoms with Crippen LogP contribution >= 0.6 is 0 Å². The normalized spacial score (nSPS) is 23.6. The van der Waals surface area contributed by atoms with Crippen LogP contribution in [-0.4, -0.2) is 173 Å². The van der Waals surface area contributed by atoms with Crippen LogP contribution in [0.3, 0.4) is 0 Å². The van der Waals surface area contributed by atoms with E-state index in [1.165, 1.54) is 0 Å². The van der Waals surface area contributed by atoms with Crippen LogP contribution in [0.1, 0.15) is 105 Å². The summed E-state index contributed by atoms with van der Waals surface area (Å²) in [6.45, 7) is 5.91. The van der Waals surface area contributed by atoms with Crippen molar-refractivity contribution in [2.45, 2.75) is 119 Å². The number of aromatic nitrogens is 8. The van der Waals surface area contributed by atoms with E-state index in [0.717, 1.165) is 22.3 Å². The molecule has 0 bridgehead atoms. The standard InChI is InChI=1S/C66H78N14O9S/c1-3-53(82)71-49-30-51(59(86)57(49)84)79-38-69-55-61(67-32-47(42-17-9-5-10-18-42)43-19-11-6-12-20-43)73-65(75-63(55)79)77-27-25-40(34-77)29-46(81)37-90(88,89)36-41-26-28-78(35-41)66-74-62(68-33-48(44-21-13-7-14-22-44)45-23-15-8-16-24-45)56-64(76-66)80(39-70-56)52-31-50(58(85)60(52)87)72-54(83)4-2/h5-24,38-41,47-52,57-60,84-87H,3-4,25-37H2,1-2H3,(H,71,82)(H,72,83)(H,67,73,75)(H,68,74,76)/t40-,41+,49-,50-,51+,52+,57+,58+,59-,60-/m0/s1. The molecule has 2 saturated carbocycles. The largest absolute Gasteiger partial charge is 0.388 e. The van der Waals surface area contributed by atoms with Crippen molar-refractivity contribution in [3.63, 3.8) is 0 Å². The summed E-state index contributed by atoms with van der Waals surface area (Å²) in [5.74, 6) is -0.791. The van der Waals surface area contributed by atoms with Gasteiger partial charge in [0.1, 0.15) is 36.0 Å². The number of hydrogen-bond donors (Lipinski definition) is 8. The van der Waals surface area contributed by atoms with Crippen LogP contribution in [-0.2, 0) is 24.2 Å². The molecule has 4 aromatic heterocycles. The number of aliphatic hydroxyl groups is 4. The van der Waals surface area contributed by atoms with Crippen molar-refractivity contribution < 1.29 is 43.2 Å². The second-order valence-corrected chi connectivity index (χ2v) is 26.6. The Balaban J connectivity index is 0.742. The van der Waals surface area contributed by atoms with E-state index in [1.54, 1.807) is 35.6 Å². The number of rotatable bonds is 24. The van der Waals surface area contributed by atoms with Crippen LogP contribution in [0.5, 0.6) is 0 Å². The molecule has 6 heterocycles. The van der Waals surface area contributed by atoms with Crippen LogP contribution < -0.4 is 31.1 Å². The summed E-state index contributed by atoms with van der Waals surface area (Å²) < 4.78 is 31.6. The molecule has 8 aromatic rings.